The number of benzene rings is 4. The number of fused-ring (bicyclic) bond motifs is 3. The first kappa shape index (κ1) is 27.5. The van der Waals surface area contributed by atoms with E-state index in [9.17, 15) is 0 Å². The molecule has 1 aromatic heterocycles. The average Bonchev–Trinajstić information content (AvgIpc) is 3.75. The minimum Gasteiger partial charge on any atom is -0.475 e. The Morgan fingerprint density at radius 2 is 0.977 bits per heavy atom. The molecule has 0 saturated carbocycles. The highest BCUT2D eigenvalue weighted by Crippen LogP contribution is 2.40. The van der Waals surface area contributed by atoms with E-state index in [1.165, 1.54) is 22.3 Å². The minimum atomic E-state index is -0.0590. The second-order valence-corrected chi connectivity index (χ2v) is 13.9. The van der Waals surface area contributed by atoms with Crippen LogP contribution in [0.1, 0.15) is 87.0 Å². The third kappa shape index (κ3) is 5.01. The predicted octanol–water partition coefficient (Wildman–Crippen LogP) is 8.95. The summed E-state index contributed by atoms with van der Waals surface area (Å²) < 4.78 is 12.7. The van der Waals surface area contributed by atoms with Gasteiger partial charge in [-0.1, -0.05) is 102 Å². The first-order chi connectivity index (χ1) is 20.6. The summed E-state index contributed by atoms with van der Waals surface area (Å²) in [5.41, 5.74) is 8.75. The number of hydrogen-bond donors (Lipinski definition) is 1. The molecule has 5 aromatic rings. The molecule has 43 heavy (non-hydrogen) atoms. The Morgan fingerprint density at radius 3 is 1.35 bits per heavy atom. The molecule has 0 bridgehead atoms. The van der Waals surface area contributed by atoms with Gasteiger partial charge < -0.3 is 14.5 Å². The Kier molecular flexibility index (Phi) is 6.46. The van der Waals surface area contributed by atoms with Gasteiger partial charge in [-0.2, -0.15) is 0 Å². The third-order valence-corrected chi connectivity index (χ3v) is 8.68. The number of aromatic amines is 1. The van der Waals surface area contributed by atoms with Crippen molar-refractivity contribution in [3.8, 4) is 0 Å². The van der Waals surface area contributed by atoms with Crippen LogP contribution in [0.5, 0.6) is 0 Å². The van der Waals surface area contributed by atoms with Gasteiger partial charge in [0.25, 0.3) is 0 Å². The molecule has 0 aliphatic carbocycles. The van der Waals surface area contributed by atoms with E-state index in [1.54, 1.807) is 0 Å². The standard InChI is InChI=1S/C38H39N3O2/c1-37(2,3)25-17-27-28-18-26(38(4,5)6)20-30(36-40-32(22-43-36)24-15-11-8-12-16-24)34(28)41-33(27)29(19-25)35-39-31(21-42-35)23-13-9-7-10-14-23/h7-20,31-32,41H,21-22H2,1-6H3/t31-,32-/m0/s1. The molecule has 0 spiro atoms. The number of aromatic nitrogens is 1. The molecule has 4 aromatic carbocycles. The first-order valence-electron chi connectivity index (χ1n) is 15.2. The molecular weight excluding hydrogens is 530 g/mol. The van der Waals surface area contributed by atoms with Gasteiger partial charge >= 0.3 is 0 Å². The zero-order valence-corrected chi connectivity index (χ0v) is 25.9. The van der Waals surface area contributed by atoms with Crippen LogP contribution < -0.4 is 0 Å². The van der Waals surface area contributed by atoms with Crippen LogP contribution in [0.2, 0.25) is 0 Å². The van der Waals surface area contributed by atoms with Gasteiger partial charge in [0.15, 0.2) is 0 Å². The third-order valence-electron chi connectivity index (χ3n) is 8.68. The zero-order chi connectivity index (χ0) is 29.9. The summed E-state index contributed by atoms with van der Waals surface area (Å²) in [6, 6.07) is 29.9. The number of nitrogens with zero attached hydrogens (tertiary/aromatic N) is 2. The predicted molar refractivity (Wildman–Crippen MR) is 177 cm³/mol. The van der Waals surface area contributed by atoms with Crippen molar-refractivity contribution < 1.29 is 9.47 Å². The van der Waals surface area contributed by atoms with Crippen LogP contribution in [-0.4, -0.2) is 30.0 Å². The van der Waals surface area contributed by atoms with Gasteiger partial charge in [0.1, 0.15) is 25.3 Å². The van der Waals surface area contributed by atoms with Crippen LogP contribution in [0.25, 0.3) is 21.8 Å². The van der Waals surface area contributed by atoms with Gasteiger partial charge in [-0.3, -0.25) is 0 Å². The Labute approximate surface area is 253 Å². The molecule has 218 valence electrons. The number of ether oxygens (including phenoxy) is 2. The van der Waals surface area contributed by atoms with E-state index in [0.717, 1.165) is 32.9 Å². The minimum absolute atomic E-state index is 0.0202. The van der Waals surface area contributed by atoms with Gasteiger partial charge in [-0.15, -0.1) is 0 Å². The summed E-state index contributed by atoms with van der Waals surface area (Å²) in [7, 11) is 0. The lowest BCUT2D eigenvalue weighted by Gasteiger charge is -2.21. The van der Waals surface area contributed by atoms with E-state index in [0.29, 0.717) is 25.0 Å². The molecule has 0 unspecified atom stereocenters. The quantitative estimate of drug-likeness (QED) is 0.235. The smallest absolute Gasteiger partial charge is 0.219 e. The highest BCUT2D eigenvalue weighted by Gasteiger charge is 2.30. The lowest BCUT2D eigenvalue weighted by Crippen LogP contribution is -2.13. The van der Waals surface area contributed by atoms with Crippen molar-refractivity contribution in [2.24, 2.45) is 9.98 Å². The van der Waals surface area contributed by atoms with E-state index >= 15 is 0 Å². The first-order valence-corrected chi connectivity index (χ1v) is 15.2. The number of aliphatic imine (C=N–C) groups is 2. The molecule has 2 atom stereocenters. The number of H-pyrrole nitrogens is 1. The summed E-state index contributed by atoms with van der Waals surface area (Å²) in [5.74, 6) is 1.38. The molecule has 0 amide bonds. The summed E-state index contributed by atoms with van der Waals surface area (Å²) in [6.45, 7) is 14.6. The molecule has 0 fully saturated rings. The maximum absolute atomic E-state index is 6.33. The molecule has 2 aliphatic heterocycles. The van der Waals surface area contributed by atoms with E-state index < -0.39 is 0 Å². The Bertz CT molecular complexity index is 1750. The van der Waals surface area contributed by atoms with Crippen molar-refractivity contribution in [1.82, 2.24) is 4.98 Å². The highest BCUT2D eigenvalue weighted by molar-refractivity contribution is 6.19. The van der Waals surface area contributed by atoms with Crippen molar-refractivity contribution in [3.63, 3.8) is 0 Å². The average molecular weight is 570 g/mol. The molecule has 1 N–H and O–H groups in total. The van der Waals surface area contributed by atoms with E-state index in [4.69, 9.17) is 19.5 Å². The van der Waals surface area contributed by atoms with Crippen molar-refractivity contribution >= 4 is 33.6 Å². The van der Waals surface area contributed by atoms with Crippen molar-refractivity contribution in [2.75, 3.05) is 13.2 Å². The second-order valence-electron chi connectivity index (χ2n) is 13.9. The van der Waals surface area contributed by atoms with Crippen molar-refractivity contribution in [1.29, 1.82) is 0 Å². The molecule has 0 saturated heterocycles. The molecule has 3 heterocycles. The fraction of sp³-hybridized carbons (Fsp3) is 0.316. The lowest BCUT2D eigenvalue weighted by molar-refractivity contribution is 0.320. The van der Waals surface area contributed by atoms with E-state index in [2.05, 4.69) is 119 Å². The van der Waals surface area contributed by atoms with E-state index in [1.807, 2.05) is 12.1 Å². The van der Waals surface area contributed by atoms with Crippen LogP contribution in [0.3, 0.4) is 0 Å². The fourth-order valence-electron chi connectivity index (χ4n) is 6.04. The lowest BCUT2D eigenvalue weighted by atomic mass is 9.83. The second kappa shape index (κ2) is 10.1. The Balaban J connectivity index is 1.45. The normalized spacial score (nSPS) is 18.9. The molecule has 5 heteroatoms. The van der Waals surface area contributed by atoms with Gasteiger partial charge in [0, 0.05) is 10.8 Å². The number of hydrogen-bond acceptors (Lipinski definition) is 4. The molecule has 5 nitrogen and oxygen atoms in total. The Morgan fingerprint density at radius 1 is 0.581 bits per heavy atom. The molecule has 2 aliphatic rings. The highest BCUT2D eigenvalue weighted by atomic mass is 16.5. The Hall–Kier alpha value is -4.38. The largest absolute Gasteiger partial charge is 0.475 e. The van der Waals surface area contributed by atoms with Gasteiger partial charge in [0.05, 0.1) is 22.2 Å². The maximum atomic E-state index is 6.33. The number of nitrogens with one attached hydrogen (secondary N) is 1. The van der Waals surface area contributed by atoms with Crippen LogP contribution >= 0.6 is 0 Å². The summed E-state index contributed by atoms with van der Waals surface area (Å²) in [6.07, 6.45) is 0. The van der Waals surface area contributed by atoms with Gasteiger partial charge in [-0.25, -0.2) is 9.98 Å². The van der Waals surface area contributed by atoms with Crippen molar-refractivity contribution in [2.45, 2.75) is 64.5 Å². The van der Waals surface area contributed by atoms with E-state index in [-0.39, 0.29) is 22.9 Å². The zero-order valence-electron chi connectivity index (χ0n) is 25.9. The maximum Gasteiger partial charge on any atom is 0.219 e. The molecular formula is C38H39N3O2. The van der Waals surface area contributed by atoms with Crippen molar-refractivity contribution in [3.05, 3.63) is 118 Å². The van der Waals surface area contributed by atoms with Crippen LogP contribution in [0.4, 0.5) is 0 Å². The van der Waals surface area contributed by atoms with Crippen LogP contribution in [0, 0.1) is 0 Å². The molecule has 0 radical (unpaired) electrons. The van der Waals surface area contributed by atoms with Gasteiger partial charge in [0.2, 0.25) is 11.8 Å². The monoisotopic (exact) mass is 569 g/mol. The van der Waals surface area contributed by atoms with Crippen LogP contribution in [-0.2, 0) is 20.3 Å². The van der Waals surface area contributed by atoms with Gasteiger partial charge in [-0.05, 0) is 57.3 Å². The number of rotatable bonds is 4. The van der Waals surface area contributed by atoms with Crippen LogP contribution in [0.15, 0.2) is 94.9 Å². The summed E-state index contributed by atoms with van der Waals surface area (Å²) >= 11 is 0. The molecule has 7 rings (SSSR count). The summed E-state index contributed by atoms with van der Waals surface area (Å²) in [5, 5.41) is 2.33. The SMILES string of the molecule is CC(C)(C)c1cc(C2=N[C@H](c3ccccc3)CO2)c2[nH]c3c(C4=N[C@H](c5ccccc5)CO4)cc(C(C)(C)C)cc3c2c1. The fourth-order valence-corrected chi connectivity index (χ4v) is 6.04. The summed E-state index contributed by atoms with van der Waals surface area (Å²) in [4.78, 5) is 14.0. The topological polar surface area (TPSA) is 59.0 Å².